The van der Waals surface area contributed by atoms with Crippen LogP contribution >= 0.6 is 11.6 Å². The van der Waals surface area contributed by atoms with Crippen LogP contribution in [0.3, 0.4) is 0 Å². The minimum atomic E-state index is -0.484. The number of likely N-dealkylation sites (tertiary alicyclic amines) is 1. The third kappa shape index (κ3) is 5.47. The second-order valence-corrected chi connectivity index (χ2v) is 7.95. The van der Waals surface area contributed by atoms with Crippen LogP contribution in [-0.2, 0) is 14.3 Å². The summed E-state index contributed by atoms with van der Waals surface area (Å²) in [6.45, 7) is 0.699. The first-order valence-electron chi connectivity index (χ1n) is 10.0. The number of amides is 2. The molecule has 0 spiro atoms. The number of fused-ring (bicyclic) bond motifs is 1. The van der Waals surface area contributed by atoms with E-state index in [1.54, 1.807) is 24.3 Å². The largest absolute Gasteiger partial charge is 0.456 e. The normalized spacial score (nSPS) is 21.5. The van der Waals surface area contributed by atoms with Crippen molar-refractivity contribution in [2.24, 2.45) is 5.92 Å². The molecule has 152 valence electrons. The number of hydrogen-bond acceptors (Lipinski definition) is 4. The Morgan fingerprint density at radius 3 is 2.57 bits per heavy atom. The monoisotopic (exact) mass is 406 g/mol. The highest BCUT2D eigenvalue weighted by Gasteiger charge is 2.35. The first-order valence-corrected chi connectivity index (χ1v) is 10.4. The number of halogens is 1. The van der Waals surface area contributed by atoms with Gasteiger partial charge in [0.05, 0.1) is 6.42 Å². The van der Waals surface area contributed by atoms with Crippen LogP contribution in [0.15, 0.2) is 24.3 Å². The molecular weight excluding hydrogens is 380 g/mol. The van der Waals surface area contributed by atoms with Gasteiger partial charge in [0.2, 0.25) is 0 Å². The summed E-state index contributed by atoms with van der Waals surface area (Å²) in [5.74, 6) is -0.264. The maximum absolute atomic E-state index is 12.5. The number of hydrogen-bond donors (Lipinski definition) is 1. The van der Waals surface area contributed by atoms with Crippen molar-refractivity contribution >= 4 is 29.4 Å². The topological polar surface area (TPSA) is 75.7 Å². The standard InChI is InChI=1S/C21H27ClN2O4/c22-17-9-7-16(8-10-17)21(27)23-12-11-20(26)28-14-19(25)24-13-3-5-15-4-1-2-6-18(15)24/h7-10,15,18H,1-6,11-14H2,(H,23,27)/t15-,18+/m0/s1. The molecule has 2 fully saturated rings. The van der Waals surface area contributed by atoms with Gasteiger partial charge in [-0.1, -0.05) is 24.4 Å². The van der Waals surface area contributed by atoms with E-state index >= 15 is 0 Å². The molecular formula is C21H27ClN2O4. The summed E-state index contributed by atoms with van der Waals surface area (Å²) < 4.78 is 5.14. The molecule has 1 aliphatic carbocycles. The van der Waals surface area contributed by atoms with Gasteiger partial charge in [0.1, 0.15) is 0 Å². The Balaban J connectivity index is 1.37. The number of piperidine rings is 1. The molecule has 1 aromatic rings. The van der Waals surface area contributed by atoms with Gasteiger partial charge >= 0.3 is 5.97 Å². The number of rotatable bonds is 6. The average molecular weight is 407 g/mol. The molecule has 1 aliphatic heterocycles. The maximum atomic E-state index is 12.5. The highest BCUT2D eigenvalue weighted by atomic mass is 35.5. The molecule has 28 heavy (non-hydrogen) atoms. The van der Waals surface area contributed by atoms with E-state index in [0.29, 0.717) is 22.5 Å². The van der Waals surface area contributed by atoms with Crippen molar-refractivity contribution < 1.29 is 19.1 Å². The molecule has 6 nitrogen and oxygen atoms in total. The first-order chi connectivity index (χ1) is 13.5. The van der Waals surface area contributed by atoms with Crippen molar-refractivity contribution in [1.29, 1.82) is 0 Å². The molecule has 0 bridgehead atoms. The van der Waals surface area contributed by atoms with E-state index in [4.69, 9.17) is 16.3 Å². The Bertz CT molecular complexity index is 705. The van der Waals surface area contributed by atoms with Crippen LogP contribution < -0.4 is 5.32 Å². The molecule has 2 atom stereocenters. The molecule has 2 aliphatic rings. The highest BCUT2D eigenvalue weighted by Crippen LogP contribution is 2.35. The van der Waals surface area contributed by atoms with Crippen LogP contribution in [0.2, 0.25) is 5.02 Å². The predicted octanol–water partition coefficient (Wildman–Crippen LogP) is 3.18. The SMILES string of the molecule is O=C(CCNC(=O)c1ccc(Cl)cc1)OCC(=O)N1CCC[C@@H]2CCCC[C@H]21. The van der Waals surface area contributed by atoms with Crippen molar-refractivity contribution in [2.45, 2.75) is 51.0 Å². The Kier molecular flexibility index (Phi) is 7.31. The molecule has 3 rings (SSSR count). The van der Waals surface area contributed by atoms with Crippen molar-refractivity contribution in [3.8, 4) is 0 Å². The molecule has 1 heterocycles. The number of benzene rings is 1. The van der Waals surface area contributed by atoms with E-state index in [1.165, 1.54) is 19.3 Å². The van der Waals surface area contributed by atoms with Gasteiger partial charge in [-0.05, 0) is 55.9 Å². The molecule has 0 aromatic heterocycles. The zero-order valence-corrected chi connectivity index (χ0v) is 16.7. The molecule has 0 unspecified atom stereocenters. The highest BCUT2D eigenvalue weighted by molar-refractivity contribution is 6.30. The van der Waals surface area contributed by atoms with Crippen LogP contribution in [-0.4, -0.2) is 48.4 Å². The lowest BCUT2D eigenvalue weighted by Gasteiger charge is -2.44. The van der Waals surface area contributed by atoms with Gasteiger partial charge < -0.3 is 15.0 Å². The Labute approximate surface area is 170 Å². The second-order valence-electron chi connectivity index (χ2n) is 7.51. The van der Waals surface area contributed by atoms with Crippen LogP contribution in [0.1, 0.15) is 55.3 Å². The number of ether oxygens (including phenoxy) is 1. The lowest BCUT2D eigenvalue weighted by atomic mass is 9.78. The van der Waals surface area contributed by atoms with Gasteiger partial charge in [0, 0.05) is 29.7 Å². The summed E-state index contributed by atoms with van der Waals surface area (Å²) in [6.07, 6.45) is 6.92. The lowest BCUT2D eigenvalue weighted by Crippen LogP contribution is -2.50. The number of carbonyl (C=O) groups is 3. The van der Waals surface area contributed by atoms with Crippen LogP contribution in [0, 0.1) is 5.92 Å². The summed E-state index contributed by atoms with van der Waals surface area (Å²) in [5.41, 5.74) is 0.472. The molecule has 1 N–H and O–H groups in total. The molecule has 1 aromatic carbocycles. The quantitative estimate of drug-likeness (QED) is 0.736. The molecule has 1 saturated carbocycles. The van der Waals surface area contributed by atoms with Crippen LogP contribution in [0.4, 0.5) is 0 Å². The smallest absolute Gasteiger partial charge is 0.308 e. The Morgan fingerprint density at radius 2 is 1.79 bits per heavy atom. The summed E-state index contributed by atoms with van der Waals surface area (Å²) in [7, 11) is 0. The summed E-state index contributed by atoms with van der Waals surface area (Å²) in [4.78, 5) is 38.3. The summed E-state index contributed by atoms with van der Waals surface area (Å²) >= 11 is 5.79. The van der Waals surface area contributed by atoms with E-state index in [9.17, 15) is 14.4 Å². The van der Waals surface area contributed by atoms with E-state index in [0.717, 1.165) is 25.8 Å². The molecule has 7 heteroatoms. The fourth-order valence-corrected chi connectivity index (χ4v) is 4.34. The first kappa shape index (κ1) is 20.6. The van der Waals surface area contributed by atoms with Crippen molar-refractivity contribution in [2.75, 3.05) is 19.7 Å². The fourth-order valence-electron chi connectivity index (χ4n) is 4.21. The maximum Gasteiger partial charge on any atom is 0.308 e. The van der Waals surface area contributed by atoms with Gasteiger partial charge in [-0.15, -0.1) is 0 Å². The second kappa shape index (κ2) is 9.92. The van der Waals surface area contributed by atoms with E-state index < -0.39 is 5.97 Å². The number of esters is 1. The van der Waals surface area contributed by atoms with E-state index in [2.05, 4.69) is 5.32 Å². The van der Waals surface area contributed by atoms with Crippen molar-refractivity contribution in [3.63, 3.8) is 0 Å². The summed E-state index contributed by atoms with van der Waals surface area (Å²) in [6, 6.07) is 6.81. The number of carbonyl (C=O) groups excluding carboxylic acids is 3. The molecule has 2 amide bonds. The Hall–Kier alpha value is -2.08. The van der Waals surface area contributed by atoms with Crippen molar-refractivity contribution in [3.05, 3.63) is 34.9 Å². The van der Waals surface area contributed by atoms with Crippen LogP contribution in [0.5, 0.6) is 0 Å². The number of nitrogens with zero attached hydrogens (tertiary/aromatic N) is 1. The zero-order valence-electron chi connectivity index (χ0n) is 16.0. The third-order valence-electron chi connectivity index (χ3n) is 5.64. The minimum Gasteiger partial charge on any atom is -0.456 e. The van der Waals surface area contributed by atoms with Gasteiger partial charge in [0.25, 0.3) is 11.8 Å². The predicted molar refractivity (Wildman–Crippen MR) is 106 cm³/mol. The minimum absolute atomic E-state index is 0.0265. The fraction of sp³-hybridized carbons (Fsp3) is 0.571. The van der Waals surface area contributed by atoms with E-state index in [-0.39, 0.29) is 31.4 Å². The lowest BCUT2D eigenvalue weighted by molar-refractivity contribution is -0.154. The molecule has 0 radical (unpaired) electrons. The molecule has 1 saturated heterocycles. The van der Waals surface area contributed by atoms with Gasteiger partial charge in [-0.3, -0.25) is 14.4 Å². The van der Waals surface area contributed by atoms with Gasteiger partial charge in [-0.2, -0.15) is 0 Å². The van der Waals surface area contributed by atoms with E-state index in [1.807, 2.05) is 4.90 Å². The average Bonchev–Trinajstić information content (AvgIpc) is 2.72. The third-order valence-corrected chi connectivity index (χ3v) is 5.89. The van der Waals surface area contributed by atoms with Gasteiger partial charge in [0.15, 0.2) is 6.61 Å². The Morgan fingerprint density at radius 1 is 1.07 bits per heavy atom. The number of nitrogens with one attached hydrogen (secondary N) is 1. The van der Waals surface area contributed by atoms with Crippen molar-refractivity contribution in [1.82, 2.24) is 10.2 Å². The zero-order chi connectivity index (χ0) is 19.9. The summed E-state index contributed by atoms with van der Waals surface area (Å²) in [5, 5.41) is 3.21. The van der Waals surface area contributed by atoms with Gasteiger partial charge in [-0.25, -0.2) is 0 Å². The van der Waals surface area contributed by atoms with Crippen LogP contribution in [0.25, 0.3) is 0 Å².